The maximum atomic E-state index is 6.32. The molecule has 4 aromatic heterocycles. The van der Waals surface area contributed by atoms with Gasteiger partial charge in [-0.1, -0.05) is 218 Å². The van der Waals surface area contributed by atoms with E-state index in [-0.39, 0.29) is 5.28 Å². The maximum Gasteiger partial charge on any atom is 0.235 e. The maximum absolute atomic E-state index is 6.32. The summed E-state index contributed by atoms with van der Waals surface area (Å²) in [4.78, 5) is 23.0. The molecule has 0 atom stereocenters. The molecule has 0 spiro atoms. The minimum atomic E-state index is 0.256. The fourth-order valence-electron chi connectivity index (χ4n) is 15.4. The average Bonchev–Trinajstić information content (AvgIpc) is 1.63. The molecule has 0 amide bonds. The molecule has 0 aliphatic carbocycles. The molecule has 0 bridgehead atoms. The molecule has 22 rings (SSSR count). The van der Waals surface area contributed by atoms with Gasteiger partial charge in [0.1, 0.15) is 23.0 Å². The van der Waals surface area contributed by atoms with E-state index < -0.39 is 0 Å². The Morgan fingerprint density at radius 1 is 0.280 bits per heavy atom. The summed E-state index contributed by atoms with van der Waals surface area (Å²) in [6.45, 7) is 0. The van der Waals surface area contributed by atoms with Crippen molar-refractivity contribution in [2.45, 2.75) is 0 Å². The highest BCUT2D eigenvalue weighted by atomic mass is 35.5. The van der Waals surface area contributed by atoms with Crippen molar-refractivity contribution in [3.8, 4) is 51.5 Å². The van der Waals surface area contributed by atoms with Gasteiger partial charge in [0, 0.05) is 59.7 Å². The van der Waals surface area contributed by atoms with Crippen LogP contribution in [0.25, 0.3) is 180 Å². The van der Waals surface area contributed by atoms with Crippen LogP contribution >= 0.6 is 11.6 Å². The molecule has 0 radical (unpaired) electrons. The molecule has 20 aromatic rings. The summed E-state index contributed by atoms with van der Waals surface area (Å²) >= 11 is 5.98. The number of H-pyrrole nitrogens is 1. The van der Waals surface area contributed by atoms with Crippen molar-refractivity contribution < 1.29 is 9.47 Å². The number of hydrogen-bond donors (Lipinski definition) is 1. The molecular weight excluding hydrogens is 1160 g/mol. The lowest BCUT2D eigenvalue weighted by Gasteiger charge is -2.21. The number of nitrogens with one attached hydrogen (secondary N) is 1. The number of hydrogen-bond acceptors (Lipinski definition) is 6. The predicted molar refractivity (Wildman–Crippen MR) is 385 cm³/mol. The van der Waals surface area contributed by atoms with Crippen LogP contribution in [0.3, 0.4) is 0 Å². The van der Waals surface area contributed by atoms with Crippen molar-refractivity contribution >= 4 is 163 Å². The molecule has 432 valence electrons. The molecule has 9 heteroatoms. The minimum Gasteiger partial charge on any atom is -0.456 e. The second-order valence-corrected chi connectivity index (χ2v) is 24.3. The van der Waals surface area contributed by atoms with Gasteiger partial charge in [0.05, 0.1) is 49.7 Å². The third kappa shape index (κ3) is 7.49. The summed E-state index contributed by atoms with van der Waals surface area (Å²) in [6, 6.07) is 98.1. The van der Waals surface area contributed by atoms with Crippen LogP contribution in [0.2, 0.25) is 5.28 Å². The van der Waals surface area contributed by atoms with Crippen LogP contribution in [-0.2, 0) is 0 Å². The van der Waals surface area contributed by atoms with Gasteiger partial charge in [0.15, 0.2) is 0 Å². The molecule has 93 heavy (non-hydrogen) atoms. The number of fused-ring (bicyclic) bond motifs is 30. The average molecular weight is 1210 g/mol. The first-order valence-corrected chi connectivity index (χ1v) is 31.6. The van der Waals surface area contributed by atoms with E-state index in [2.05, 4.69) is 226 Å². The third-order valence-electron chi connectivity index (χ3n) is 19.1. The van der Waals surface area contributed by atoms with Crippen LogP contribution in [-0.4, -0.2) is 29.5 Å². The Bertz CT molecular complexity index is 6670. The van der Waals surface area contributed by atoms with E-state index in [1.807, 2.05) is 72.8 Å². The fourth-order valence-corrected chi connectivity index (χ4v) is 15.6. The smallest absolute Gasteiger partial charge is 0.235 e. The van der Waals surface area contributed by atoms with Gasteiger partial charge >= 0.3 is 0 Å². The Kier molecular flexibility index (Phi) is 11.0. The Morgan fingerprint density at radius 2 is 0.677 bits per heavy atom. The first-order chi connectivity index (χ1) is 46.1. The number of ether oxygens (including phenoxy) is 2. The SMILES string of the molecule is Clc1nc2c3c(cccc3n1)Oc1ccccc1-2.c1ccc2c(c1)Oc1cccc3nc(-n4c5ccccc5c5c6c7ccccc7c7ccccc7c6c6ccccc6c54)nc-2c13.c1ccc2c(c1)[nH]c1c3ccccc3c3c4ccccc4c4ccccc4c3c21. The molecule has 2 aliphatic rings. The van der Waals surface area contributed by atoms with Crippen LogP contribution in [0, 0.1) is 0 Å². The van der Waals surface area contributed by atoms with E-state index in [1.165, 1.54) is 119 Å². The molecule has 1 N–H and O–H groups in total. The molecule has 0 saturated heterocycles. The van der Waals surface area contributed by atoms with Crippen LogP contribution < -0.4 is 9.47 Å². The largest absolute Gasteiger partial charge is 0.456 e. The lowest BCUT2D eigenvalue weighted by Crippen LogP contribution is -2.06. The van der Waals surface area contributed by atoms with Crippen molar-refractivity contribution in [2.24, 2.45) is 0 Å². The molecule has 8 nitrogen and oxygen atoms in total. The van der Waals surface area contributed by atoms with Gasteiger partial charge < -0.3 is 14.5 Å². The highest BCUT2D eigenvalue weighted by Gasteiger charge is 2.28. The van der Waals surface area contributed by atoms with Gasteiger partial charge in [-0.3, -0.25) is 4.57 Å². The standard InChI is InChI=1S/C42H23N3O.C28H17N.C14H7ClN2O/c1-3-14-26-24(12-1)25-13-2-4-15-27(25)37-36(26)28-16-5-6-17-29(28)41-38(37)30-18-7-9-21-33(30)45(41)42-43-32-20-11-23-35-39(32)40(44-42)31-19-8-10-22-34(31)46-35;1-3-11-19-17(9-1)18-10-2-4-12-20(18)26-25(19)21-13-5-6-14-22(21)28-27(26)23-15-7-8-16-24(23)29-28;15-14-16-9-5-3-7-11-12(9)13(17-14)8-4-1-2-6-10(8)18-11/h1-23H;1-16,29H;1-7H. The first-order valence-electron chi connectivity index (χ1n) is 31.2. The number of aromatic nitrogens is 6. The summed E-state index contributed by atoms with van der Waals surface area (Å²) in [5.74, 6) is 3.82. The number of rotatable bonds is 1. The molecule has 0 fully saturated rings. The third-order valence-corrected chi connectivity index (χ3v) is 19.3. The van der Waals surface area contributed by atoms with E-state index in [9.17, 15) is 0 Å². The number of para-hydroxylation sites is 4. The van der Waals surface area contributed by atoms with Gasteiger partial charge in [-0.25, -0.2) is 19.9 Å². The Morgan fingerprint density at radius 3 is 1.25 bits per heavy atom. The highest BCUT2D eigenvalue weighted by Crippen LogP contribution is 2.51. The molecule has 6 heterocycles. The van der Waals surface area contributed by atoms with E-state index in [0.29, 0.717) is 5.95 Å². The number of benzene rings is 16. The second-order valence-electron chi connectivity index (χ2n) is 24.0. The quantitative estimate of drug-likeness (QED) is 0.130. The number of halogens is 1. The van der Waals surface area contributed by atoms with Gasteiger partial charge in [0.2, 0.25) is 11.2 Å². The normalized spacial score (nSPS) is 12.3. The van der Waals surface area contributed by atoms with Gasteiger partial charge in [-0.15, -0.1) is 0 Å². The zero-order chi connectivity index (χ0) is 61.0. The lowest BCUT2D eigenvalue weighted by molar-refractivity contribution is 0.486. The van der Waals surface area contributed by atoms with Crippen LogP contribution in [0.1, 0.15) is 0 Å². The summed E-state index contributed by atoms with van der Waals surface area (Å²) in [5, 5.41) is 27.7. The second kappa shape index (κ2) is 19.9. The Hall–Kier alpha value is -12.2. The summed E-state index contributed by atoms with van der Waals surface area (Å²) in [6.07, 6.45) is 0. The zero-order valence-corrected chi connectivity index (χ0v) is 50.2. The Labute approximate surface area is 534 Å². The summed E-state index contributed by atoms with van der Waals surface area (Å²) < 4.78 is 14.5. The van der Waals surface area contributed by atoms with E-state index >= 15 is 0 Å². The monoisotopic (exact) mass is 1210 g/mol. The van der Waals surface area contributed by atoms with Crippen molar-refractivity contribution in [1.29, 1.82) is 0 Å². The van der Waals surface area contributed by atoms with E-state index in [0.717, 1.165) is 78.4 Å². The molecule has 0 unspecified atom stereocenters. The predicted octanol–water partition coefficient (Wildman–Crippen LogP) is 23.1. The Balaban J connectivity index is 0.000000108. The topological polar surface area (TPSA) is 90.7 Å². The number of aromatic amines is 1. The summed E-state index contributed by atoms with van der Waals surface area (Å²) in [5.41, 5.74) is 9.94. The molecule has 0 saturated carbocycles. The van der Waals surface area contributed by atoms with Crippen molar-refractivity contribution in [3.05, 3.63) is 284 Å². The van der Waals surface area contributed by atoms with E-state index in [1.54, 1.807) is 0 Å². The molecular formula is C84H47ClN6O2. The molecule has 2 aliphatic heterocycles. The number of nitrogens with zero attached hydrogens (tertiary/aromatic N) is 5. The summed E-state index contributed by atoms with van der Waals surface area (Å²) in [7, 11) is 0. The lowest BCUT2D eigenvalue weighted by atomic mass is 9.88. The minimum absolute atomic E-state index is 0.256. The van der Waals surface area contributed by atoms with E-state index in [4.69, 9.17) is 31.0 Å². The van der Waals surface area contributed by atoms with Crippen LogP contribution in [0.4, 0.5) is 0 Å². The first kappa shape index (κ1) is 51.6. The van der Waals surface area contributed by atoms with Gasteiger partial charge in [-0.05, 0) is 137 Å². The van der Waals surface area contributed by atoms with Gasteiger partial charge in [-0.2, -0.15) is 0 Å². The highest BCUT2D eigenvalue weighted by molar-refractivity contribution is 6.44. The van der Waals surface area contributed by atoms with Crippen LogP contribution in [0.15, 0.2) is 279 Å². The van der Waals surface area contributed by atoms with Crippen molar-refractivity contribution in [2.75, 3.05) is 0 Å². The fraction of sp³-hybridized carbons (Fsp3) is 0. The zero-order valence-electron chi connectivity index (χ0n) is 49.5. The van der Waals surface area contributed by atoms with Gasteiger partial charge in [0.25, 0.3) is 0 Å². The molecule has 16 aromatic carbocycles. The van der Waals surface area contributed by atoms with Crippen molar-refractivity contribution in [1.82, 2.24) is 29.5 Å². The van der Waals surface area contributed by atoms with Crippen molar-refractivity contribution in [3.63, 3.8) is 0 Å². The van der Waals surface area contributed by atoms with Crippen LogP contribution in [0.5, 0.6) is 23.0 Å².